The SMILES string of the molecule is CN1C(=O)CCOc2ccc(NC(=O)C(C)(C)C)cc21. The van der Waals surface area contributed by atoms with Gasteiger partial charge in [0, 0.05) is 18.2 Å². The molecule has 1 heterocycles. The molecule has 0 aromatic heterocycles. The van der Waals surface area contributed by atoms with E-state index in [0.717, 1.165) is 0 Å². The summed E-state index contributed by atoms with van der Waals surface area (Å²) in [6.45, 7) is 5.93. The molecule has 108 valence electrons. The molecule has 20 heavy (non-hydrogen) atoms. The van der Waals surface area contributed by atoms with Crippen molar-refractivity contribution in [2.75, 3.05) is 23.9 Å². The number of hydrogen-bond acceptors (Lipinski definition) is 3. The lowest BCUT2D eigenvalue weighted by molar-refractivity contribution is -0.123. The molecule has 0 atom stereocenters. The third-order valence-corrected chi connectivity index (χ3v) is 3.21. The van der Waals surface area contributed by atoms with Gasteiger partial charge in [0.15, 0.2) is 0 Å². The minimum Gasteiger partial charge on any atom is -0.491 e. The van der Waals surface area contributed by atoms with E-state index in [2.05, 4.69) is 5.32 Å². The molecule has 0 radical (unpaired) electrons. The van der Waals surface area contributed by atoms with Crippen molar-refractivity contribution in [1.29, 1.82) is 0 Å². The van der Waals surface area contributed by atoms with Crippen LogP contribution in [0.3, 0.4) is 0 Å². The Bertz CT molecular complexity index is 547. The van der Waals surface area contributed by atoms with Crippen LogP contribution in [0, 0.1) is 5.41 Å². The van der Waals surface area contributed by atoms with Gasteiger partial charge < -0.3 is 15.0 Å². The summed E-state index contributed by atoms with van der Waals surface area (Å²) >= 11 is 0. The normalized spacial score (nSPS) is 15.2. The van der Waals surface area contributed by atoms with Gasteiger partial charge in [-0.2, -0.15) is 0 Å². The molecule has 1 aliphatic heterocycles. The van der Waals surface area contributed by atoms with Crippen LogP contribution in [-0.2, 0) is 9.59 Å². The maximum Gasteiger partial charge on any atom is 0.230 e. The molecule has 1 N–H and O–H groups in total. The average molecular weight is 276 g/mol. The number of nitrogens with zero attached hydrogens (tertiary/aromatic N) is 1. The lowest BCUT2D eigenvalue weighted by Gasteiger charge is -2.20. The summed E-state index contributed by atoms with van der Waals surface area (Å²) in [5, 5.41) is 2.86. The monoisotopic (exact) mass is 276 g/mol. The van der Waals surface area contributed by atoms with Gasteiger partial charge in [-0.15, -0.1) is 0 Å². The second-order valence-electron chi connectivity index (χ2n) is 5.94. The van der Waals surface area contributed by atoms with Crippen LogP contribution in [0.5, 0.6) is 5.75 Å². The molecule has 1 aliphatic rings. The predicted molar refractivity (Wildman–Crippen MR) is 78.0 cm³/mol. The van der Waals surface area contributed by atoms with Gasteiger partial charge >= 0.3 is 0 Å². The van der Waals surface area contributed by atoms with Crippen molar-refractivity contribution < 1.29 is 14.3 Å². The second kappa shape index (κ2) is 5.15. The van der Waals surface area contributed by atoms with Crippen LogP contribution < -0.4 is 15.0 Å². The fraction of sp³-hybridized carbons (Fsp3) is 0.467. The zero-order valence-electron chi connectivity index (χ0n) is 12.3. The fourth-order valence-electron chi connectivity index (χ4n) is 1.85. The van der Waals surface area contributed by atoms with E-state index in [4.69, 9.17) is 4.74 Å². The van der Waals surface area contributed by atoms with Gasteiger partial charge in [-0.25, -0.2) is 0 Å². The molecule has 0 spiro atoms. The molecule has 0 saturated heterocycles. The van der Waals surface area contributed by atoms with E-state index in [-0.39, 0.29) is 11.8 Å². The highest BCUT2D eigenvalue weighted by Gasteiger charge is 2.23. The lowest BCUT2D eigenvalue weighted by atomic mass is 9.95. The number of carbonyl (C=O) groups excluding carboxylic acids is 2. The average Bonchev–Trinajstić information content (AvgIpc) is 2.50. The van der Waals surface area contributed by atoms with Crippen LogP contribution >= 0.6 is 0 Å². The van der Waals surface area contributed by atoms with Crippen molar-refractivity contribution in [3.8, 4) is 5.75 Å². The number of hydrogen-bond donors (Lipinski definition) is 1. The van der Waals surface area contributed by atoms with Crippen molar-refractivity contribution in [1.82, 2.24) is 0 Å². The highest BCUT2D eigenvalue weighted by molar-refractivity contribution is 5.98. The van der Waals surface area contributed by atoms with Gasteiger partial charge in [0.2, 0.25) is 11.8 Å². The predicted octanol–water partition coefficient (Wildman–Crippen LogP) is 2.42. The van der Waals surface area contributed by atoms with Crippen molar-refractivity contribution >= 4 is 23.2 Å². The van der Waals surface area contributed by atoms with Gasteiger partial charge in [-0.05, 0) is 18.2 Å². The van der Waals surface area contributed by atoms with Crippen LogP contribution in [0.2, 0.25) is 0 Å². The minimum atomic E-state index is -0.467. The number of benzene rings is 1. The first-order valence-electron chi connectivity index (χ1n) is 6.64. The number of nitrogens with one attached hydrogen (secondary N) is 1. The smallest absolute Gasteiger partial charge is 0.230 e. The van der Waals surface area contributed by atoms with Crippen LogP contribution in [-0.4, -0.2) is 25.5 Å². The largest absolute Gasteiger partial charge is 0.491 e. The molecule has 5 nitrogen and oxygen atoms in total. The fourth-order valence-corrected chi connectivity index (χ4v) is 1.85. The van der Waals surface area contributed by atoms with Crippen molar-refractivity contribution in [3.63, 3.8) is 0 Å². The first kappa shape index (κ1) is 14.4. The molecule has 5 heteroatoms. The summed E-state index contributed by atoms with van der Waals surface area (Å²) in [4.78, 5) is 25.4. The zero-order valence-corrected chi connectivity index (χ0v) is 12.3. The van der Waals surface area contributed by atoms with E-state index < -0.39 is 5.41 Å². The summed E-state index contributed by atoms with van der Waals surface area (Å²) in [6, 6.07) is 5.33. The van der Waals surface area contributed by atoms with Gasteiger partial charge in [0.1, 0.15) is 5.75 Å². The molecule has 0 saturated carbocycles. The summed E-state index contributed by atoms with van der Waals surface area (Å²) in [6.07, 6.45) is 0.356. The Kier molecular flexibility index (Phi) is 3.70. The number of rotatable bonds is 1. The summed E-state index contributed by atoms with van der Waals surface area (Å²) in [7, 11) is 1.71. The Labute approximate surface area is 118 Å². The maximum absolute atomic E-state index is 12.0. The third kappa shape index (κ3) is 2.92. The molecule has 0 aliphatic carbocycles. The van der Waals surface area contributed by atoms with Crippen LogP contribution in [0.25, 0.3) is 0 Å². The van der Waals surface area contributed by atoms with Gasteiger partial charge in [-0.3, -0.25) is 9.59 Å². The molecular formula is C15H20N2O3. The van der Waals surface area contributed by atoms with Crippen LogP contribution in [0.4, 0.5) is 11.4 Å². The lowest BCUT2D eigenvalue weighted by Crippen LogP contribution is -2.28. The Hall–Kier alpha value is -2.04. The Morgan fingerprint density at radius 3 is 2.70 bits per heavy atom. The molecule has 0 bridgehead atoms. The number of amides is 2. The summed E-state index contributed by atoms with van der Waals surface area (Å²) < 4.78 is 5.54. The highest BCUT2D eigenvalue weighted by Crippen LogP contribution is 2.33. The van der Waals surface area contributed by atoms with Crippen molar-refractivity contribution in [3.05, 3.63) is 18.2 Å². The Morgan fingerprint density at radius 2 is 2.05 bits per heavy atom. The maximum atomic E-state index is 12.0. The van der Waals surface area contributed by atoms with Gasteiger partial charge in [0.25, 0.3) is 0 Å². The molecule has 2 rings (SSSR count). The molecule has 1 aromatic carbocycles. The minimum absolute atomic E-state index is 0.00282. The van der Waals surface area contributed by atoms with E-state index in [9.17, 15) is 9.59 Å². The van der Waals surface area contributed by atoms with Crippen LogP contribution in [0.15, 0.2) is 18.2 Å². The third-order valence-electron chi connectivity index (χ3n) is 3.21. The Morgan fingerprint density at radius 1 is 1.35 bits per heavy atom. The number of anilines is 2. The second-order valence-corrected chi connectivity index (χ2v) is 5.94. The molecule has 2 amide bonds. The molecular weight excluding hydrogens is 256 g/mol. The van der Waals surface area contributed by atoms with E-state index in [1.165, 1.54) is 0 Å². The number of fused-ring (bicyclic) bond motifs is 1. The zero-order chi connectivity index (χ0) is 14.9. The van der Waals surface area contributed by atoms with Crippen LogP contribution in [0.1, 0.15) is 27.2 Å². The first-order chi connectivity index (χ1) is 9.29. The van der Waals surface area contributed by atoms with Crippen molar-refractivity contribution in [2.24, 2.45) is 5.41 Å². The quantitative estimate of drug-likeness (QED) is 0.857. The number of ether oxygens (including phenoxy) is 1. The standard InChI is InChI=1S/C15H20N2O3/c1-15(2,3)14(19)16-10-5-6-12-11(9-10)17(4)13(18)7-8-20-12/h5-6,9H,7-8H2,1-4H3,(H,16,19). The van der Waals surface area contributed by atoms with Gasteiger partial charge in [-0.1, -0.05) is 20.8 Å². The highest BCUT2D eigenvalue weighted by atomic mass is 16.5. The molecule has 0 fully saturated rings. The van der Waals surface area contributed by atoms with E-state index in [0.29, 0.717) is 30.2 Å². The molecule has 0 unspecified atom stereocenters. The van der Waals surface area contributed by atoms with E-state index >= 15 is 0 Å². The summed E-state index contributed by atoms with van der Waals surface area (Å²) in [5.41, 5.74) is 0.874. The van der Waals surface area contributed by atoms with Crippen molar-refractivity contribution in [2.45, 2.75) is 27.2 Å². The topological polar surface area (TPSA) is 58.6 Å². The Balaban J connectivity index is 2.29. The van der Waals surface area contributed by atoms with E-state index in [1.54, 1.807) is 30.1 Å². The summed E-state index contributed by atoms with van der Waals surface area (Å²) in [5.74, 6) is 0.594. The molecule has 1 aromatic rings. The number of carbonyl (C=O) groups is 2. The van der Waals surface area contributed by atoms with E-state index in [1.807, 2.05) is 20.8 Å². The first-order valence-corrected chi connectivity index (χ1v) is 6.64. The van der Waals surface area contributed by atoms with Gasteiger partial charge in [0.05, 0.1) is 18.7 Å².